The minimum absolute atomic E-state index is 0.0105. The van der Waals surface area contributed by atoms with Gasteiger partial charge in [-0.2, -0.15) is 0 Å². The number of rotatable bonds is 2. The molecule has 2 aliphatic rings. The Morgan fingerprint density at radius 2 is 1.80 bits per heavy atom. The number of aromatic nitrogens is 2. The first-order valence-electron chi connectivity index (χ1n) is 13.8. The van der Waals surface area contributed by atoms with E-state index in [1.54, 1.807) is 54.5 Å². The number of benzene rings is 1. The highest BCUT2D eigenvalue weighted by Crippen LogP contribution is 2.38. The van der Waals surface area contributed by atoms with Crippen molar-refractivity contribution < 1.29 is 23.6 Å². The molecule has 4 heterocycles. The number of hydrogen-bond acceptors (Lipinski definition) is 7. The highest BCUT2D eigenvalue weighted by molar-refractivity contribution is 6.01. The molecule has 0 radical (unpaired) electrons. The molecule has 10 nitrogen and oxygen atoms in total. The number of piperidine rings is 1. The van der Waals surface area contributed by atoms with E-state index in [1.807, 2.05) is 13.0 Å². The molecule has 0 aliphatic carbocycles. The second-order valence-electron chi connectivity index (χ2n) is 10.7. The molecule has 1 fully saturated rings. The molecule has 2 N–H and O–H groups in total. The molecule has 1 saturated heterocycles. The predicted octanol–water partition coefficient (Wildman–Crippen LogP) is 3.76. The lowest BCUT2D eigenvalue weighted by Crippen LogP contribution is -2.52. The Balaban J connectivity index is 1.30. The monoisotopic (exact) mass is 545 g/mol. The largest absolute Gasteiger partial charge is 0.491 e. The SMILES string of the molecule is Cc1onc(-c2ccncc2)c1C(=O)N1CCC2(CCCCNC(=O)c3ccccc3OC[C@@H](C)NC2=O)CC1. The van der Waals surface area contributed by atoms with Crippen molar-refractivity contribution in [3.05, 3.63) is 65.7 Å². The molecule has 40 heavy (non-hydrogen) atoms. The minimum Gasteiger partial charge on any atom is -0.491 e. The van der Waals surface area contributed by atoms with Gasteiger partial charge in [-0.25, -0.2) is 0 Å². The van der Waals surface area contributed by atoms with Gasteiger partial charge < -0.3 is 24.8 Å². The summed E-state index contributed by atoms with van der Waals surface area (Å²) in [5.41, 5.74) is 1.59. The van der Waals surface area contributed by atoms with Gasteiger partial charge in [0.25, 0.3) is 11.8 Å². The van der Waals surface area contributed by atoms with Gasteiger partial charge in [-0.3, -0.25) is 19.4 Å². The molecule has 0 unspecified atom stereocenters. The van der Waals surface area contributed by atoms with Crippen LogP contribution in [0.4, 0.5) is 0 Å². The van der Waals surface area contributed by atoms with Gasteiger partial charge in [-0.05, 0) is 63.8 Å². The number of aryl methyl sites for hydroxylation is 1. The van der Waals surface area contributed by atoms with E-state index in [9.17, 15) is 14.4 Å². The van der Waals surface area contributed by atoms with E-state index < -0.39 is 5.41 Å². The van der Waals surface area contributed by atoms with Gasteiger partial charge in [-0.15, -0.1) is 0 Å². The van der Waals surface area contributed by atoms with Crippen LogP contribution in [-0.4, -0.2) is 65.0 Å². The predicted molar refractivity (Wildman–Crippen MR) is 148 cm³/mol. The van der Waals surface area contributed by atoms with Gasteiger partial charge >= 0.3 is 0 Å². The number of amides is 3. The second kappa shape index (κ2) is 11.9. The van der Waals surface area contributed by atoms with Crippen LogP contribution in [0.25, 0.3) is 11.3 Å². The molecule has 5 rings (SSSR count). The van der Waals surface area contributed by atoms with Crippen molar-refractivity contribution in [3.8, 4) is 17.0 Å². The van der Waals surface area contributed by atoms with E-state index in [2.05, 4.69) is 20.8 Å². The summed E-state index contributed by atoms with van der Waals surface area (Å²) < 4.78 is 11.3. The Bertz CT molecular complexity index is 1360. The normalized spacial score (nSPS) is 20.1. The van der Waals surface area contributed by atoms with Crippen LogP contribution in [0.1, 0.15) is 65.5 Å². The highest BCUT2D eigenvalue weighted by Gasteiger charge is 2.43. The van der Waals surface area contributed by atoms with Gasteiger partial charge in [0.05, 0.1) is 17.0 Å². The summed E-state index contributed by atoms with van der Waals surface area (Å²) in [4.78, 5) is 45.9. The molecule has 3 aromatic rings. The summed E-state index contributed by atoms with van der Waals surface area (Å²) in [6, 6.07) is 10.5. The lowest BCUT2D eigenvalue weighted by atomic mass is 9.73. The highest BCUT2D eigenvalue weighted by atomic mass is 16.5. The summed E-state index contributed by atoms with van der Waals surface area (Å²) in [6.07, 6.45) is 6.60. The fraction of sp³-hybridized carbons (Fsp3) is 0.433. The molecule has 0 bridgehead atoms. The van der Waals surface area contributed by atoms with Crippen molar-refractivity contribution >= 4 is 17.7 Å². The van der Waals surface area contributed by atoms with Crippen LogP contribution in [0.3, 0.4) is 0 Å². The van der Waals surface area contributed by atoms with E-state index in [4.69, 9.17) is 9.26 Å². The molecule has 2 aliphatic heterocycles. The average molecular weight is 546 g/mol. The molecule has 0 saturated carbocycles. The van der Waals surface area contributed by atoms with E-state index >= 15 is 0 Å². The number of nitrogens with zero attached hydrogens (tertiary/aromatic N) is 3. The summed E-state index contributed by atoms with van der Waals surface area (Å²) in [5, 5.41) is 10.3. The molecular formula is C30H35N5O5. The number of fused-ring (bicyclic) bond motifs is 1. The summed E-state index contributed by atoms with van der Waals surface area (Å²) in [6.45, 7) is 5.28. The smallest absolute Gasteiger partial charge is 0.259 e. The molecule has 3 amide bonds. The topological polar surface area (TPSA) is 127 Å². The third-order valence-corrected chi connectivity index (χ3v) is 7.89. The van der Waals surface area contributed by atoms with Crippen LogP contribution in [0.5, 0.6) is 5.75 Å². The first-order chi connectivity index (χ1) is 19.4. The van der Waals surface area contributed by atoms with Crippen LogP contribution < -0.4 is 15.4 Å². The first-order valence-corrected chi connectivity index (χ1v) is 13.8. The fourth-order valence-corrected chi connectivity index (χ4v) is 5.52. The van der Waals surface area contributed by atoms with Crippen molar-refractivity contribution in [1.29, 1.82) is 0 Å². The quantitative estimate of drug-likeness (QED) is 0.502. The molecule has 10 heteroatoms. The third-order valence-electron chi connectivity index (χ3n) is 7.89. The molecule has 1 aromatic carbocycles. The van der Waals surface area contributed by atoms with Crippen LogP contribution >= 0.6 is 0 Å². The van der Waals surface area contributed by atoms with Crippen LogP contribution in [0.15, 0.2) is 53.3 Å². The van der Waals surface area contributed by atoms with Crippen molar-refractivity contribution in [2.75, 3.05) is 26.2 Å². The standard InChI is InChI=1S/C30H35N5O5/c1-20-19-39-24-8-4-3-7-23(24)27(36)32-14-6-5-11-30(29(38)33-20)12-17-35(18-13-30)28(37)25-21(2)40-34-26(25)22-9-15-31-16-10-22/h3-4,7-10,15-16,20H,5-6,11-14,17-19H2,1-2H3,(H,32,36)(H,33,38)/t20-/m1/s1. The third kappa shape index (κ3) is 5.71. The fourth-order valence-electron chi connectivity index (χ4n) is 5.52. The maximum Gasteiger partial charge on any atom is 0.259 e. The Hall–Kier alpha value is -4.21. The van der Waals surface area contributed by atoms with E-state index in [0.717, 1.165) is 18.4 Å². The van der Waals surface area contributed by atoms with Crippen molar-refractivity contribution in [3.63, 3.8) is 0 Å². The summed E-state index contributed by atoms with van der Waals surface area (Å²) in [7, 11) is 0. The van der Waals surface area contributed by atoms with E-state index in [0.29, 0.717) is 67.2 Å². The van der Waals surface area contributed by atoms with Crippen molar-refractivity contribution in [1.82, 2.24) is 25.7 Å². The van der Waals surface area contributed by atoms with Gasteiger partial charge in [0.2, 0.25) is 5.91 Å². The van der Waals surface area contributed by atoms with Gasteiger partial charge in [0.1, 0.15) is 29.4 Å². The number of carbonyl (C=O) groups is 3. The maximum absolute atomic E-state index is 13.7. The van der Waals surface area contributed by atoms with Crippen molar-refractivity contribution in [2.45, 2.75) is 52.0 Å². The number of para-hydroxylation sites is 1. The van der Waals surface area contributed by atoms with E-state index in [1.165, 1.54) is 0 Å². The Labute approximate surface area is 233 Å². The number of pyridine rings is 1. The van der Waals surface area contributed by atoms with Crippen LogP contribution in [-0.2, 0) is 4.79 Å². The maximum atomic E-state index is 13.7. The lowest BCUT2D eigenvalue weighted by molar-refractivity contribution is -0.135. The van der Waals surface area contributed by atoms with Gasteiger partial charge in [0, 0.05) is 37.6 Å². The molecule has 1 atom stereocenters. The molecule has 210 valence electrons. The zero-order valence-electron chi connectivity index (χ0n) is 22.9. The number of hydrogen-bond donors (Lipinski definition) is 2. The molecular weight excluding hydrogens is 510 g/mol. The zero-order valence-corrected chi connectivity index (χ0v) is 22.9. The van der Waals surface area contributed by atoms with Crippen molar-refractivity contribution in [2.24, 2.45) is 5.41 Å². The second-order valence-corrected chi connectivity index (χ2v) is 10.7. The van der Waals surface area contributed by atoms with E-state index in [-0.39, 0.29) is 30.4 Å². The molecule has 1 spiro atoms. The number of likely N-dealkylation sites (tertiary alicyclic amines) is 1. The zero-order chi connectivity index (χ0) is 28.1. The number of nitrogens with one attached hydrogen (secondary N) is 2. The van der Waals surface area contributed by atoms with Gasteiger partial charge in [-0.1, -0.05) is 23.7 Å². The Morgan fingerprint density at radius 3 is 2.58 bits per heavy atom. The summed E-state index contributed by atoms with van der Waals surface area (Å²) in [5.74, 6) is 0.634. The van der Waals surface area contributed by atoms with Gasteiger partial charge in [0.15, 0.2) is 0 Å². The Morgan fingerprint density at radius 1 is 1.05 bits per heavy atom. The minimum atomic E-state index is -0.602. The number of ether oxygens (including phenoxy) is 1. The lowest BCUT2D eigenvalue weighted by Gasteiger charge is -2.41. The Kier molecular flexibility index (Phi) is 8.14. The molecule has 2 aromatic heterocycles. The first kappa shape index (κ1) is 27.4. The summed E-state index contributed by atoms with van der Waals surface area (Å²) >= 11 is 0. The van der Waals surface area contributed by atoms with Crippen LogP contribution in [0, 0.1) is 12.3 Å². The van der Waals surface area contributed by atoms with Crippen LogP contribution in [0.2, 0.25) is 0 Å². The average Bonchev–Trinajstić information content (AvgIpc) is 3.37. The number of carbonyl (C=O) groups excluding carboxylic acids is 3.